The summed E-state index contributed by atoms with van der Waals surface area (Å²) in [5.41, 5.74) is 4.11. The minimum atomic E-state index is -0.477. The van der Waals surface area contributed by atoms with Gasteiger partial charge >= 0.3 is 0 Å². The highest BCUT2D eigenvalue weighted by Crippen LogP contribution is 2.42. The molecule has 29 heavy (non-hydrogen) atoms. The van der Waals surface area contributed by atoms with Crippen molar-refractivity contribution in [3.05, 3.63) is 70.4 Å². The number of aromatic nitrogens is 1. The fourth-order valence-corrected chi connectivity index (χ4v) is 4.90. The molecule has 3 heterocycles. The lowest BCUT2D eigenvalue weighted by molar-refractivity contribution is -0.158. The number of carbonyl (C=O) groups is 2. The summed E-state index contributed by atoms with van der Waals surface area (Å²) in [4.78, 5) is 33.6. The minimum Gasteiger partial charge on any atom is -0.356 e. The number of benzene rings is 2. The molecule has 0 spiro atoms. The molecule has 1 N–H and O–H groups in total. The molecule has 6 heteroatoms. The molecule has 1 saturated heterocycles. The first-order valence-electron chi connectivity index (χ1n) is 10.0. The number of amides is 2. The number of piperazine rings is 1. The summed E-state index contributed by atoms with van der Waals surface area (Å²) in [6, 6.07) is 14.9. The van der Waals surface area contributed by atoms with Gasteiger partial charge in [0.25, 0.3) is 0 Å². The van der Waals surface area contributed by atoms with E-state index in [-0.39, 0.29) is 24.4 Å². The van der Waals surface area contributed by atoms with Gasteiger partial charge in [-0.3, -0.25) is 9.59 Å². The Labute approximate surface area is 174 Å². The van der Waals surface area contributed by atoms with Crippen LogP contribution in [-0.4, -0.2) is 45.7 Å². The molecule has 5 rings (SSSR count). The van der Waals surface area contributed by atoms with E-state index >= 15 is 0 Å². The first-order chi connectivity index (χ1) is 14.1. The third kappa shape index (κ3) is 2.84. The summed E-state index contributed by atoms with van der Waals surface area (Å²) >= 11 is 6.11. The van der Waals surface area contributed by atoms with Crippen LogP contribution in [0.4, 0.5) is 0 Å². The molecule has 0 radical (unpaired) electrons. The smallest absolute Gasteiger partial charge is 0.246 e. The molecule has 5 nitrogen and oxygen atoms in total. The van der Waals surface area contributed by atoms with E-state index in [9.17, 15) is 9.59 Å². The standard InChI is InChI=1S/C23H22ClN3O2/c1-2-11-26-13-20(28)27-19(23(26)29)12-17-16-5-3-4-6-18(16)25-21(17)22(27)14-7-9-15(24)10-8-14/h3-10,19,22,25H,2,11-13H2,1H3. The van der Waals surface area contributed by atoms with E-state index in [0.717, 1.165) is 34.1 Å². The highest BCUT2D eigenvalue weighted by atomic mass is 35.5. The molecule has 2 aromatic carbocycles. The van der Waals surface area contributed by atoms with Crippen LogP contribution in [0.15, 0.2) is 48.5 Å². The van der Waals surface area contributed by atoms with E-state index in [1.807, 2.05) is 49.4 Å². The maximum atomic E-state index is 13.3. The zero-order valence-electron chi connectivity index (χ0n) is 16.2. The fraction of sp³-hybridized carbons (Fsp3) is 0.304. The van der Waals surface area contributed by atoms with E-state index in [2.05, 4.69) is 11.1 Å². The van der Waals surface area contributed by atoms with E-state index in [0.29, 0.717) is 18.0 Å². The predicted molar refractivity (Wildman–Crippen MR) is 113 cm³/mol. The molecule has 2 aliphatic heterocycles. The number of para-hydroxylation sites is 1. The van der Waals surface area contributed by atoms with Gasteiger partial charge in [0, 0.05) is 34.6 Å². The van der Waals surface area contributed by atoms with Gasteiger partial charge in [-0.25, -0.2) is 0 Å². The van der Waals surface area contributed by atoms with Gasteiger partial charge in [0.15, 0.2) is 0 Å². The summed E-state index contributed by atoms with van der Waals surface area (Å²) < 4.78 is 0. The van der Waals surface area contributed by atoms with Gasteiger partial charge in [0.1, 0.15) is 6.04 Å². The molecule has 0 aliphatic carbocycles. The van der Waals surface area contributed by atoms with Crippen molar-refractivity contribution in [2.75, 3.05) is 13.1 Å². The van der Waals surface area contributed by atoms with Crippen LogP contribution in [0.1, 0.15) is 36.2 Å². The Kier molecular flexibility index (Phi) is 4.36. The number of H-pyrrole nitrogens is 1. The summed E-state index contributed by atoms with van der Waals surface area (Å²) in [7, 11) is 0. The van der Waals surface area contributed by atoms with Crippen molar-refractivity contribution in [2.24, 2.45) is 0 Å². The number of hydrogen-bond donors (Lipinski definition) is 1. The van der Waals surface area contributed by atoms with Crippen molar-refractivity contribution in [1.29, 1.82) is 0 Å². The largest absolute Gasteiger partial charge is 0.356 e. The average molecular weight is 408 g/mol. The Balaban J connectivity index is 1.70. The molecule has 1 fully saturated rings. The molecular formula is C23H22ClN3O2. The van der Waals surface area contributed by atoms with E-state index in [1.165, 1.54) is 0 Å². The summed E-state index contributed by atoms with van der Waals surface area (Å²) in [5.74, 6) is 0.0358. The van der Waals surface area contributed by atoms with Crippen LogP contribution in [0.3, 0.4) is 0 Å². The molecule has 3 aromatic rings. The molecule has 2 atom stereocenters. The average Bonchev–Trinajstić information content (AvgIpc) is 3.10. The van der Waals surface area contributed by atoms with Crippen LogP contribution >= 0.6 is 11.6 Å². The normalized spacial score (nSPS) is 21.4. The quantitative estimate of drug-likeness (QED) is 0.715. The third-order valence-electron chi connectivity index (χ3n) is 6.02. The molecule has 2 unspecified atom stereocenters. The number of carbonyl (C=O) groups excluding carboxylic acids is 2. The van der Waals surface area contributed by atoms with Crippen LogP contribution in [-0.2, 0) is 16.0 Å². The maximum Gasteiger partial charge on any atom is 0.246 e. The molecule has 0 bridgehead atoms. The lowest BCUT2D eigenvalue weighted by Gasteiger charge is -2.47. The van der Waals surface area contributed by atoms with Gasteiger partial charge in [0.2, 0.25) is 11.8 Å². The Morgan fingerprint density at radius 3 is 2.62 bits per heavy atom. The Hall–Kier alpha value is -2.79. The van der Waals surface area contributed by atoms with Crippen LogP contribution in [0, 0.1) is 0 Å². The molecular weight excluding hydrogens is 386 g/mol. The van der Waals surface area contributed by atoms with Gasteiger partial charge in [-0.15, -0.1) is 0 Å². The number of aromatic amines is 1. The number of nitrogens with one attached hydrogen (secondary N) is 1. The van der Waals surface area contributed by atoms with Crippen molar-refractivity contribution in [3.8, 4) is 0 Å². The van der Waals surface area contributed by atoms with Crippen LogP contribution < -0.4 is 0 Å². The van der Waals surface area contributed by atoms with Gasteiger partial charge < -0.3 is 14.8 Å². The maximum absolute atomic E-state index is 13.3. The summed E-state index contributed by atoms with van der Waals surface area (Å²) in [5, 5.41) is 1.77. The number of rotatable bonds is 3. The molecule has 2 aliphatic rings. The Morgan fingerprint density at radius 1 is 1.10 bits per heavy atom. The fourth-order valence-electron chi connectivity index (χ4n) is 4.77. The molecule has 0 saturated carbocycles. The van der Waals surface area contributed by atoms with Crippen molar-refractivity contribution >= 4 is 34.3 Å². The van der Waals surface area contributed by atoms with Crippen LogP contribution in [0.25, 0.3) is 10.9 Å². The van der Waals surface area contributed by atoms with Gasteiger partial charge in [-0.1, -0.05) is 48.9 Å². The van der Waals surface area contributed by atoms with Gasteiger partial charge in [-0.2, -0.15) is 0 Å². The summed E-state index contributed by atoms with van der Waals surface area (Å²) in [6.45, 7) is 2.78. The third-order valence-corrected chi connectivity index (χ3v) is 6.27. The lowest BCUT2D eigenvalue weighted by Crippen LogP contribution is -2.63. The minimum absolute atomic E-state index is 0.00712. The van der Waals surface area contributed by atoms with Gasteiger partial charge in [0.05, 0.1) is 12.6 Å². The first kappa shape index (κ1) is 18.3. The van der Waals surface area contributed by atoms with Crippen molar-refractivity contribution in [2.45, 2.75) is 31.8 Å². The second kappa shape index (κ2) is 6.92. The van der Waals surface area contributed by atoms with E-state index in [4.69, 9.17) is 11.6 Å². The second-order valence-electron chi connectivity index (χ2n) is 7.80. The zero-order valence-corrected chi connectivity index (χ0v) is 16.9. The van der Waals surface area contributed by atoms with Crippen LogP contribution in [0.2, 0.25) is 5.02 Å². The number of nitrogens with zero attached hydrogens (tertiary/aromatic N) is 2. The van der Waals surface area contributed by atoms with E-state index in [1.54, 1.807) is 9.80 Å². The highest BCUT2D eigenvalue weighted by Gasteiger charge is 2.47. The second-order valence-corrected chi connectivity index (χ2v) is 8.23. The van der Waals surface area contributed by atoms with E-state index < -0.39 is 6.04 Å². The Bertz CT molecular complexity index is 1110. The number of halogens is 1. The topological polar surface area (TPSA) is 56.4 Å². The Morgan fingerprint density at radius 2 is 1.86 bits per heavy atom. The predicted octanol–water partition coefficient (Wildman–Crippen LogP) is 3.92. The monoisotopic (exact) mass is 407 g/mol. The first-order valence-corrected chi connectivity index (χ1v) is 10.4. The zero-order chi connectivity index (χ0) is 20.1. The van der Waals surface area contributed by atoms with Crippen molar-refractivity contribution < 1.29 is 9.59 Å². The number of hydrogen-bond acceptors (Lipinski definition) is 2. The molecule has 1 aromatic heterocycles. The number of fused-ring (bicyclic) bond motifs is 4. The van der Waals surface area contributed by atoms with Crippen molar-refractivity contribution in [3.63, 3.8) is 0 Å². The lowest BCUT2D eigenvalue weighted by atomic mass is 9.86. The van der Waals surface area contributed by atoms with Gasteiger partial charge in [-0.05, 0) is 35.7 Å². The van der Waals surface area contributed by atoms with Crippen LogP contribution in [0.5, 0.6) is 0 Å². The highest BCUT2D eigenvalue weighted by molar-refractivity contribution is 6.30. The molecule has 2 amide bonds. The summed E-state index contributed by atoms with van der Waals surface area (Å²) in [6.07, 6.45) is 1.37. The molecule has 148 valence electrons. The SMILES string of the molecule is CCCN1CC(=O)N2C(Cc3c([nH]c4ccccc34)C2c2ccc(Cl)cc2)C1=O. The van der Waals surface area contributed by atoms with Crippen molar-refractivity contribution in [1.82, 2.24) is 14.8 Å².